The van der Waals surface area contributed by atoms with Crippen LogP contribution in [0.1, 0.15) is 44.1 Å². The van der Waals surface area contributed by atoms with Gasteiger partial charge in [0, 0.05) is 19.1 Å². The molecule has 0 saturated carbocycles. The number of rotatable bonds is 4. The van der Waals surface area contributed by atoms with Crippen molar-refractivity contribution in [3.63, 3.8) is 0 Å². The zero-order chi connectivity index (χ0) is 19.0. The largest absolute Gasteiger partial charge is 0.385 e. The van der Waals surface area contributed by atoms with Crippen molar-refractivity contribution in [1.82, 2.24) is 14.5 Å². The maximum Gasteiger partial charge on any atom is 0.124 e. The Balaban J connectivity index is 1.50. The van der Waals surface area contributed by atoms with Gasteiger partial charge < -0.3 is 9.67 Å². The van der Waals surface area contributed by atoms with Gasteiger partial charge in [-0.3, -0.25) is 4.90 Å². The van der Waals surface area contributed by atoms with Crippen molar-refractivity contribution >= 4 is 11.0 Å². The number of piperidine rings is 1. The van der Waals surface area contributed by atoms with Crippen LogP contribution in [0.4, 0.5) is 4.39 Å². The molecule has 1 aromatic heterocycles. The van der Waals surface area contributed by atoms with E-state index >= 15 is 0 Å². The molecule has 1 fully saturated rings. The molecule has 1 saturated heterocycles. The molecule has 0 amide bonds. The molecular formula is C22H26FN3O. The molecule has 2 heterocycles. The van der Waals surface area contributed by atoms with Gasteiger partial charge in [-0.1, -0.05) is 24.3 Å². The van der Waals surface area contributed by atoms with E-state index in [0.29, 0.717) is 18.9 Å². The van der Waals surface area contributed by atoms with Crippen molar-refractivity contribution in [2.24, 2.45) is 0 Å². The number of halogens is 1. The molecule has 0 radical (unpaired) electrons. The highest BCUT2D eigenvalue weighted by atomic mass is 19.1. The van der Waals surface area contributed by atoms with E-state index in [9.17, 15) is 9.50 Å². The maximum atomic E-state index is 13.2. The SMILES string of the molecule is CC(C)n1c(CN2CCC(O)(c3ccc(F)cc3)CC2)nc2ccccc21. The zero-order valence-electron chi connectivity index (χ0n) is 15.9. The zero-order valence-corrected chi connectivity index (χ0v) is 15.9. The van der Waals surface area contributed by atoms with Crippen LogP contribution in [0.15, 0.2) is 48.5 Å². The first-order chi connectivity index (χ1) is 13.0. The molecule has 4 rings (SSSR count). The van der Waals surface area contributed by atoms with Crippen LogP contribution in [0.5, 0.6) is 0 Å². The first kappa shape index (κ1) is 18.1. The summed E-state index contributed by atoms with van der Waals surface area (Å²) in [5.41, 5.74) is 2.13. The summed E-state index contributed by atoms with van der Waals surface area (Å²) in [7, 11) is 0. The Labute approximate surface area is 159 Å². The first-order valence-electron chi connectivity index (χ1n) is 9.63. The van der Waals surface area contributed by atoms with E-state index in [4.69, 9.17) is 4.98 Å². The van der Waals surface area contributed by atoms with E-state index < -0.39 is 5.60 Å². The number of aliphatic hydroxyl groups is 1. The van der Waals surface area contributed by atoms with Crippen molar-refractivity contribution in [2.75, 3.05) is 13.1 Å². The summed E-state index contributed by atoms with van der Waals surface area (Å²) in [5, 5.41) is 11.0. The number of likely N-dealkylation sites (tertiary alicyclic amines) is 1. The highest BCUT2D eigenvalue weighted by molar-refractivity contribution is 5.76. The van der Waals surface area contributed by atoms with E-state index in [1.807, 2.05) is 6.07 Å². The molecule has 4 nitrogen and oxygen atoms in total. The van der Waals surface area contributed by atoms with Gasteiger partial charge in [0.15, 0.2) is 0 Å². The van der Waals surface area contributed by atoms with Crippen LogP contribution in [0.3, 0.4) is 0 Å². The summed E-state index contributed by atoms with van der Waals surface area (Å²) in [6.45, 7) is 6.71. The Bertz CT molecular complexity index is 924. The third-order valence-corrected chi connectivity index (χ3v) is 5.62. The van der Waals surface area contributed by atoms with E-state index in [1.54, 1.807) is 12.1 Å². The van der Waals surface area contributed by atoms with E-state index in [1.165, 1.54) is 17.6 Å². The van der Waals surface area contributed by atoms with Crippen LogP contribution < -0.4 is 0 Å². The van der Waals surface area contributed by atoms with Crippen LogP contribution >= 0.6 is 0 Å². The summed E-state index contributed by atoms with van der Waals surface area (Å²) in [6, 6.07) is 14.8. The van der Waals surface area contributed by atoms with Crippen LogP contribution in [0.2, 0.25) is 0 Å². The lowest BCUT2D eigenvalue weighted by Crippen LogP contribution is -2.42. The highest BCUT2D eigenvalue weighted by Gasteiger charge is 2.34. The normalized spacial score (nSPS) is 17.7. The van der Waals surface area contributed by atoms with Gasteiger partial charge in [-0.25, -0.2) is 9.37 Å². The molecule has 1 N–H and O–H groups in total. The second-order valence-electron chi connectivity index (χ2n) is 7.80. The van der Waals surface area contributed by atoms with Crippen molar-refractivity contribution in [3.8, 4) is 0 Å². The quantitative estimate of drug-likeness (QED) is 0.750. The third kappa shape index (κ3) is 3.49. The van der Waals surface area contributed by atoms with Crippen molar-refractivity contribution < 1.29 is 9.50 Å². The molecule has 0 unspecified atom stereocenters. The average Bonchev–Trinajstić information content (AvgIpc) is 3.02. The summed E-state index contributed by atoms with van der Waals surface area (Å²) in [5.74, 6) is 0.797. The number of nitrogens with zero attached hydrogens (tertiary/aromatic N) is 3. The van der Waals surface area contributed by atoms with Gasteiger partial charge in [-0.2, -0.15) is 0 Å². The molecule has 0 bridgehead atoms. The van der Waals surface area contributed by atoms with Crippen molar-refractivity contribution in [3.05, 3.63) is 65.7 Å². The fraction of sp³-hybridized carbons (Fsp3) is 0.409. The minimum absolute atomic E-state index is 0.271. The van der Waals surface area contributed by atoms with E-state index in [-0.39, 0.29) is 5.82 Å². The summed E-state index contributed by atoms with van der Waals surface area (Å²) < 4.78 is 15.5. The third-order valence-electron chi connectivity index (χ3n) is 5.62. The van der Waals surface area contributed by atoms with Gasteiger partial charge in [-0.15, -0.1) is 0 Å². The summed E-state index contributed by atoms with van der Waals surface area (Å²) in [4.78, 5) is 7.19. The Hall–Kier alpha value is -2.24. The first-order valence-corrected chi connectivity index (χ1v) is 9.63. The van der Waals surface area contributed by atoms with Crippen LogP contribution in [0, 0.1) is 5.82 Å². The van der Waals surface area contributed by atoms with Crippen molar-refractivity contribution in [2.45, 2.75) is 44.9 Å². The number of fused-ring (bicyclic) bond motifs is 1. The Morgan fingerprint density at radius 3 is 2.41 bits per heavy atom. The lowest BCUT2D eigenvalue weighted by molar-refractivity contribution is -0.0284. The minimum atomic E-state index is -0.873. The lowest BCUT2D eigenvalue weighted by atomic mass is 9.84. The fourth-order valence-electron chi connectivity index (χ4n) is 4.11. The predicted octanol–water partition coefficient (Wildman–Crippen LogP) is 4.24. The van der Waals surface area contributed by atoms with Gasteiger partial charge in [0.25, 0.3) is 0 Å². The topological polar surface area (TPSA) is 41.3 Å². The molecule has 1 aliphatic heterocycles. The van der Waals surface area contributed by atoms with Gasteiger partial charge in [0.05, 0.1) is 23.2 Å². The molecule has 0 atom stereocenters. The van der Waals surface area contributed by atoms with Crippen molar-refractivity contribution in [1.29, 1.82) is 0 Å². The Morgan fingerprint density at radius 1 is 1.07 bits per heavy atom. The Morgan fingerprint density at radius 2 is 1.74 bits per heavy atom. The van der Waals surface area contributed by atoms with E-state index in [2.05, 4.69) is 41.5 Å². The number of benzene rings is 2. The average molecular weight is 367 g/mol. The van der Waals surface area contributed by atoms with Crippen LogP contribution in [-0.2, 0) is 12.1 Å². The molecule has 1 aliphatic rings. The smallest absolute Gasteiger partial charge is 0.124 e. The van der Waals surface area contributed by atoms with Crippen LogP contribution in [0.25, 0.3) is 11.0 Å². The van der Waals surface area contributed by atoms with Gasteiger partial charge in [0.2, 0.25) is 0 Å². The fourth-order valence-corrected chi connectivity index (χ4v) is 4.11. The monoisotopic (exact) mass is 367 g/mol. The van der Waals surface area contributed by atoms with Gasteiger partial charge in [0.1, 0.15) is 11.6 Å². The predicted molar refractivity (Wildman–Crippen MR) is 105 cm³/mol. The molecule has 3 aromatic rings. The lowest BCUT2D eigenvalue weighted by Gasteiger charge is -2.38. The molecule has 2 aromatic carbocycles. The molecule has 27 heavy (non-hydrogen) atoms. The number of para-hydroxylation sites is 2. The summed E-state index contributed by atoms with van der Waals surface area (Å²) >= 11 is 0. The number of hydrogen-bond donors (Lipinski definition) is 1. The molecule has 142 valence electrons. The minimum Gasteiger partial charge on any atom is -0.385 e. The second kappa shape index (κ2) is 7.06. The van der Waals surface area contributed by atoms with Crippen LogP contribution in [-0.4, -0.2) is 32.6 Å². The maximum absolute atomic E-state index is 13.2. The summed E-state index contributed by atoms with van der Waals surface area (Å²) in [6.07, 6.45) is 1.28. The Kier molecular flexibility index (Phi) is 4.74. The van der Waals surface area contributed by atoms with Gasteiger partial charge >= 0.3 is 0 Å². The molecular weight excluding hydrogens is 341 g/mol. The molecule has 0 spiro atoms. The van der Waals surface area contributed by atoms with Gasteiger partial charge in [-0.05, 0) is 56.5 Å². The highest BCUT2D eigenvalue weighted by Crippen LogP contribution is 2.33. The molecule has 0 aliphatic carbocycles. The number of aromatic nitrogens is 2. The second-order valence-corrected chi connectivity index (χ2v) is 7.80. The standard InChI is InChI=1S/C22H26FN3O/c1-16(2)26-20-6-4-3-5-19(20)24-21(26)15-25-13-11-22(27,12-14-25)17-7-9-18(23)10-8-17/h3-10,16,27H,11-15H2,1-2H3. The molecule has 5 heteroatoms. The number of imidazole rings is 1. The number of hydrogen-bond acceptors (Lipinski definition) is 3. The van der Waals surface area contributed by atoms with E-state index in [0.717, 1.165) is 36.5 Å².